The topological polar surface area (TPSA) is 93.4 Å². The van der Waals surface area contributed by atoms with Gasteiger partial charge >= 0.3 is 0 Å². The summed E-state index contributed by atoms with van der Waals surface area (Å²) in [6, 6.07) is 6.44. The van der Waals surface area contributed by atoms with E-state index in [1.54, 1.807) is 13.2 Å². The third kappa shape index (κ3) is 3.53. The van der Waals surface area contributed by atoms with Crippen molar-refractivity contribution in [2.75, 3.05) is 30.4 Å². The third-order valence-corrected chi connectivity index (χ3v) is 4.02. The van der Waals surface area contributed by atoms with Crippen molar-refractivity contribution in [3.63, 3.8) is 0 Å². The van der Waals surface area contributed by atoms with Crippen molar-refractivity contribution in [1.29, 1.82) is 0 Å². The van der Waals surface area contributed by atoms with E-state index in [1.807, 2.05) is 6.07 Å². The second-order valence-electron chi connectivity index (χ2n) is 5.56. The molecule has 8 nitrogen and oxygen atoms in total. The second kappa shape index (κ2) is 7.12. The Balaban J connectivity index is 1.74. The first-order valence-electron chi connectivity index (χ1n) is 7.79. The molecule has 3 rings (SSSR count). The molecule has 0 aliphatic carbocycles. The summed E-state index contributed by atoms with van der Waals surface area (Å²) >= 11 is 0. The number of rotatable bonds is 6. The minimum Gasteiger partial charge on any atom is -0.496 e. The van der Waals surface area contributed by atoms with E-state index in [9.17, 15) is 10.1 Å². The number of nitro groups is 1. The quantitative estimate of drug-likeness (QED) is 0.643. The molecule has 0 bridgehead atoms. The average Bonchev–Trinajstić information content (AvgIpc) is 3.14. The summed E-state index contributed by atoms with van der Waals surface area (Å²) in [5.41, 5.74) is 0.737. The van der Waals surface area contributed by atoms with Crippen molar-refractivity contribution < 1.29 is 9.66 Å². The minimum atomic E-state index is -0.418. The molecular formula is C16H19N5O3. The predicted molar refractivity (Wildman–Crippen MR) is 90.5 cm³/mol. The molecule has 0 unspecified atom stereocenters. The molecule has 1 saturated heterocycles. The third-order valence-electron chi connectivity index (χ3n) is 4.02. The Hall–Kier alpha value is -2.90. The zero-order chi connectivity index (χ0) is 16.9. The molecule has 1 aromatic carbocycles. The fourth-order valence-electron chi connectivity index (χ4n) is 2.77. The lowest BCUT2D eigenvalue weighted by Gasteiger charge is -2.17. The monoisotopic (exact) mass is 329 g/mol. The molecule has 8 heteroatoms. The van der Waals surface area contributed by atoms with Crippen LogP contribution in [0.1, 0.15) is 18.4 Å². The molecule has 126 valence electrons. The Kier molecular flexibility index (Phi) is 4.74. The van der Waals surface area contributed by atoms with Crippen LogP contribution in [0.15, 0.2) is 30.6 Å². The van der Waals surface area contributed by atoms with Crippen molar-refractivity contribution in [2.45, 2.75) is 19.4 Å². The Morgan fingerprint density at radius 2 is 2.08 bits per heavy atom. The average molecular weight is 329 g/mol. The molecule has 0 amide bonds. The summed E-state index contributed by atoms with van der Waals surface area (Å²) in [4.78, 5) is 21.3. The van der Waals surface area contributed by atoms with Crippen LogP contribution in [0.4, 0.5) is 17.3 Å². The maximum Gasteiger partial charge on any atom is 0.270 e. The van der Waals surface area contributed by atoms with Crippen LogP contribution in [0.25, 0.3) is 0 Å². The smallest absolute Gasteiger partial charge is 0.270 e. The number of nitro benzene ring substituents is 1. The van der Waals surface area contributed by atoms with Gasteiger partial charge in [-0.25, -0.2) is 9.97 Å². The zero-order valence-electron chi connectivity index (χ0n) is 13.4. The number of nitrogens with one attached hydrogen (secondary N) is 1. The minimum absolute atomic E-state index is 0.0352. The summed E-state index contributed by atoms with van der Waals surface area (Å²) < 4.78 is 5.27. The van der Waals surface area contributed by atoms with Gasteiger partial charge in [-0.15, -0.1) is 0 Å². The van der Waals surface area contributed by atoms with Gasteiger partial charge in [-0.3, -0.25) is 10.1 Å². The number of aromatic nitrogens is 2. The number of non-ortho nitro benzene ring substituents is 1. The number of ether oxygens (including phenoxy) is 1. The van der Waals surface area contributed by atoms with Crippen molar-refractivity contribution in [2.24, 2.45) is 0 Å². The number of hydrogen-bond donors (Lipinski definition) is 1. The summed E-state index contributed by atoms with van der Waals surface area (Å²) in [7, 11) is 1.54. The van der Waals surface area contributed by atoms with Gasteiger partial charge in [0.2, 0.25) is 0 Å². The van der Waals surface area contributed by atoms with Gasteiger partial charge in [0.25, 0.3) is 5.69 Å². The van der Waals surface area contributed by atoms with Crippen LogP contribution in [0.5, 0.6) is 5.75 Å². The molecule has 0 radical (unpaired) electrons. The summed E-state index contributed by atoms with van der Waals surface area (Å²) in [6.45, 7) is 2.39. The first-order chi connectivity index (χ1) is 11.7. The molecule has 2 aromatic rings. The Labute approximate surface area is 139 Å². The van der Waals surface area contributed by atoms with Crippen molar-refractivity contribution in [3.05, 3.63) is 46.3 Å². The van der Waals surface area contributed by atoms with Crippen LogP contribution < -0.4 is 15.0 Å². The first-order valence-corrected chi connectivity index (χ1v) is 7.79. The zero-order valence-corrected chi connectivity index (χ0v) is 13.4. The lowest BCUT2D eigenvalue weighted by molar-refractivity contribution is -0.384. The standard InChI is InChI=1S/C16H19N5O3/c1-24-14-5-4-13(21(22)23)8-12(14)10-17-15-9-16(19-11-18-15)20-6-2-3-7-20/h4-5,8-9,11H,2-3,6-7,10H2,1H3,(H,17,18,19). The largest absolute Gasteiger partial charge is 0.496 e. The van der Waals surface area contributed by atoms with Crippen molar-refractivity contribution in [1.82, 2.24) is 9.97 Å². The van der Waals surface area contributed by atoms with E-state index in [1.165, 1.54) is 31.3 Å². The number of methoxy groups -OCH3 is 1. The van der Waals surface area contributed by atoms with Crippen LogP contribution in [-0.2, 0) is 6.54 Å². The predicted octanol–water partition coefficient (Wildman–Crippen LogP) is 2.61. The highest BCUT2D eigenvalue weighted by Crippen LogP contribution is 2.25. The van der Waals surface area contributed by atoms with Gasteiger partial charge in [0.05, 0.1) is 12.0 Å². The number of anilines is 2. The maximum absolute atomic E-state index is 10.9. The van der Waals surface area contributed by atoms with Gasteiger partial charge < -0.3 is 15.0 Å². The number of hydrogen-bond acceptors (Lipinski definition) is 7. The van der Waals surface area contributed by atoms with E-state index < -0.39 is 4.92 Å². The molecule has 0 spiro atoms. The van der Waals surface area contributed by atoms with E-state index in [0.717, 1.165) is 18.9 Å². The van der Waals surface area contributed by atoms with E-state index in [0.29, 0.717) is 23.7 Å². The van der Waals surface area contributed by atoms with Gasteiger partial charge in [0.15, 0.2) is 0 Å². The molecular weight excluding hydrogens is 310 g/mol. The van der Waals surface area contributed by atoms with Crippen LogP contribution >= 0.6 is 0 Å². The van der Waals surface area contributed by atoms with E-state index in [2.05, 4.69) is 20.2 Å². The molecule has 1 aliphatic rings. The van der Waals surface area contributed by atoms with Crippen LogP contribution in [-0.4, -0.2) is 35.1 Å². The molecule has 24 heavy (non-hydrogen) atoms. The number of nitrogens with zero attached hydrogens (tertiary/aromatic N) is 4. The Bertz CT molecular complexity index is 731. The second-order valence-corrected chi connectivity index (χ2v) is 5.56. The Morgan fingerprint density at radius 3 is 2.79 bits per heavy atom. The van der Waals surface area contributed by atoms with E-state index in [-0.39, 0.29) is 5.69 Å². The summed E-state index contributed by atoms with van der Waals surface area (Å²) in [6.07, 6.45) is 3.88. The lowest BCUT2D eigenvalue weighted by Crippen LogP contribution is -2.19. The summed E-state index contributed by atoms with van der Waals surface area (Å²) in [5, 5.41) is 14.1. The van der Waals surface area contributed by atoms with Gasteiger partial charge in [-0.05, 0) is 18.9 Å². The van der Waals surface area contributed by atoms with Crippen molar-refractivity contribution >= 4 is 17.3 Å². The van der Waals surface area contributed by atoms with E-state index in [4.69, 9.17) is 4.74 Å². The lowest BCUT2D eigenvalue weighted by atomic mass is 10.1. The highest BCUT2D eigenvalue weighted by molar-refractivity contribution is 5.51. The normalized spacial score (nSPS) is 13.8. The maximum atomic E-state index is 10.9. The van der Waals surface area contributed by atoms with Gasteiger partial charge in [-0.2, -0.15) is 0 Å². The molecule has 1 aromatic heterocycles. The molecule has 1 aliphatic heterocycles. The van der Waals surface area contributed by atoms with E-state index >= 15 is 0 Å². The molecule has 1 fully saturated rings. The fourth-order valence-corrected chi connectivity index (χ4v) is 2.77. The van der Waals surface area contributed by atoms with Gasteiger partial charge in [0.1, 0.15) is 23.7 Å². The Morgan fingerprint density at radius 1 is 1.29 bits per heavy atom. The summed E-state index contributed by atoms with van der Waals surface area (Å²) in [5.74, 6) is 2.18. The highest BCUT2D eigenvalue weighted by atomic mass is 16.6. The van der Waals surface area contributed by atoms with Crippen LogP contribution in [0.3, 0.4) is 0 Å². The molecule has 2 heterocycles. The SMILES string of the molecule is COc1ccc([N+](=O)[O-])cc1CNc1cc(N2CCCC2)ncn1. The van der Waals surface area contributed by atoms with Gasteiger partial charge in [-0.1, -0.05) is 0 Å². The van der Waals surface area contributed by atoms with Crippen molar-refractivity contribution in [3.8, 4) is 5.75 Å². The molecule has 1 N–H and O–H groups in total. The van der Waals surface area contributed by atoms with Crippen LogP contribution in [0.2, 0.25) is 0 Å². The fraction of sp³-hybridized carbons (Fsp3) is 0.375. The van der Waals surface area contributed by atoms with Crippen LogP contribution in [0, 0.1) is 10.1 Å². The molecule has 0 atom stereocenters. The van der Waals surface area contributed by atoms with Gasteiger partial charge in [0, 0.05) is 43.4 Å². The first kappa shape index (κ1) is 16.0. The molecule has 0 saturated carbocycles. The highest BCUT2D eigenvalue weighted by Gasteiger charge is 2.15. The number of benzene rings is 1.